The average molecular weight is 372 g/mol. The Morgan fingerprint density at radius 3 is 2.15 bits per heavy atom. The molecule has 0 radical (unpaired) electrons. The predicted octanol–water partition coefficient (Wildman–Crippen LogP) is 2.83. The van der Waals surface area contributed by atoms with Gasteiger partial charge in [0, 0.05) is 42.7 Å². The fraction of sp³-hybridized carbons (Fsp3) is 0.350. The van der Waals surface area contributed by atoms with Crippen LogP contribution in [0.3, 0.4) is 0 Å². The van der Waals surface area contributed by atoms with Gasteiger partial charge in [-0.15, -0.1) is 0 Å². The zero-order valence-corrected chi connectivity index (χ0v) is 16.1. The lowest BCUT2D eigenvalue weighted by atomic mass is 10.0. The van der Waals surface area contributed by atoms with E-state index < -0.39 is 9.84 Å². The molecule has 2 atom stereocenters. The first kappa shape index (κ1) is 18.5. The average Bonchev–Trinajstić information content (AvgIpc) is 2.61. The Balaban J connectivity index is 1.81. The number of anilines is 1. The molecule has 0 saturated carbocycles. The quantitative estimate of drug-likeness (QED) is 0.831. The highest BCUT2D eigenvalue weighted by atomic mass is 32.2. The van der Waals surface area contributed by atoms with Gasteiger partial charge in [-0.25, -0.2) is 8.42 Å². The number of nitrogens with zero attached hydrogens (tertiary/aromatic N) is 2. The van der Waals surface area contributed by atoms with Crippen LogP contribution in [0.15, 0.2) is 59.5 Å². The van der Waals surface area contributed by atoms with E-state index in [2.05, 4.69) is 30.9 Å². The molecule has 6 heteroatoms. The maximum atomic E-state index is 12.9. The van der Waals surface area contributed by atoms with E-state index >= 15 is 0 Å². The number of hydrogen-bond acceptors (Lipinski definition) is 4. The highest BCUT2D eigenvalue weighted by molar-refractivity contribution is 7.90. The van der Waals surface area contributed by atoms with Crippen molar-refractivity contribution < 1.29 is 13.2 Å². The molecule has 0 bridgehead atoms. The highest BCUT2D eigenvalue weighted by Gasteiger charge is 2.32. The van der Waals surface area contributed by atoms with Crippen LogP contribution in [0.2, 0.25) is 0 Å². The number of hydrogen-bond donors (Lipinski definition) is 0. The molecule has 2 aromatic carbocycles. The van der Waals surface area contributed by atoms with Gasteiger partial charge in [-0.3, -0.25) is 4.79 Å². The van der Waals surface area contributed by atoms with Crippen molar-refractivity contribution in [1.29, 1.82) is 0 Å². The second-order valence-electron chi connectivity index (χ2n) is 6.95. The standard InChI is InChI=1S/C20H24N2O3S/c1-15-13-21(14-16(2)22(15)18-9-5-4-6-10-18)20(23)17-8-7-11-19(12-17)26(3,24)25/h4-12,15-16H,13-14H2,1-3H3. The zero-order chi connectivity index (χ0) is 18.9. The maximum absolute atomic E-state index is 12.9. The van der Waals surface area contributed by atoms with Crippen LogP contribution >= 0.6 is 0 Å². The Kier molecular flexibility index (Phi) is 5.05. The van der Waals surface area contributed by atoms with Crippen LogP contribution in [-0.4, -0.2) is 50.7 Å². The highest BCUT2D eigenvalue weighted by Crippen LogP contribution is 2.25. The molecule has 138 valence electrons. The van der Waals surface area contributed by atoms with Crippen molar-refractivity contribution in [2.24, 2.45) is 0 Å². The van der Waals surface area contributed by atoms with Crippen molar-refractivity contribution >= 4 is 21.4 Å². The molecule has 0 spiro atoms. The molecule has 2 aromatic rings. The monoisotopic (exact) mass is 372 g/mol. The third-order valence-electron chi connectivity index (χ3n) is 4.77. The number of para-hydroxylation sites is 1. The Bertz CT molecular complexity index is 884. The van der Waals surface area contributed by atoms with Gasteiger partial charge >= 0.3 is 0 Å². The molecule has 5 nitrogen and oxygen atoms in total. The molecule has 0 aromatic heterocycles. The zero-order valence-electron chi connectivity index (χ0n) is 15.3. The maximum Gasteiger partial charge on any atom is 0.254 e. The molecule has 26 heavy (non-hydrogen) atoms. The van der Waals surface area contributed by atoms with E-state index in [1.54, 1.807) is 12.1 Å². The molecule has 1 heterocycles. The van der Waals surface area contributed by atoms with Gasteiger partial charge in [-0.1, -0.05) is 24.3 Å². The van der Waals surface area contributed by atoms with Gasteiger partial charge in [0.15, 0.2) is 9.84 Å². The van der Waals surface area contributed by atoms with Crippen LogP contribution in [0, 0.1) is 0 Å². The van der Waals surface area contributed by atoms with Gasteiger partial charge < -0.3 is 9.80 Å². The fourth-order valence-corrected chi connectivity index (χ4v) is 4.31. The van der Waals surface area contributed by atoms with Crippen LogP contribution in [-0.2, 0) is 9.84 Å². The minimum Gasteiger partial charge on any atom is -0.363 e. The SMILES string of the molecule is CC1CN(C(=O)c2cccc(S(C)(=O)=O)c2)CC(C)N1c1ccccc1. The topological polar surface area (TPSA) is 57.7 Å². The summed E-state index contributed by atoms with van der Waals surface area (Å²) in [4.78, 5) is 17.2. The first-order valence-corrected chi connectivity index (χ1v) is 10.6. The molecule has 0 N–H and O–H groups in total. The summed E-state index contributed by atoms with van der Waals surface area (Å²) in [7, 11) is -3.33. The molecule has 2 unspecified atom stereocenters. The van der Waals surface area contributed by atoms with Crippen molar-refractivity contribution in [1.82, 2.24) is 4.90 Å². The summed E-state index contributed by atoms with van der Waals surface area (Å²) in [5, 5.41) is 0. The summed E-state index contributed by atoms with van der Waals surface area (Å²) in [5.74, 6) is -0.123. The lowest BCUT2D eigenvalue weighted by molar-refractivity contribution is 0.0701. The molecule has 1 saturated heterocycles. The summed E-state index contributed by atoms with van der Waals surface area (Å²) in [5.41, 5.74) is 1.57. The summed E-state index contributed by atoms with van der Waals surface area (Å²) < 4.78 is 23.5. The van der Waals surface area contributed by atoms with Gasteiger partial charge in [0.2, 0.25) is 0 Å². The van der Waals surface area contributed by atoms with Gasteiger partial charge in [0.1, 0.15) is 0 Å². The molecule has 0 aliphatic carbocycles. The number of benzene rings is 2. The Morgan fingerprint density at radius 1 is 0.962 bits per heavy atom. The Morgan fingerprint density at radius 2 is 1.58 bits per heavy atom. The molecular weight excluding hydrogens is 348 g/mol. The summed E-state index contributed by atoms with van der Waals surface area (Å²) in [6, 6.07) is 16.8. The van der Waals surface area contributed by atoms with Crippen LogP contribution in [0.5, 0.6) is 0 Å². The van der Waals surface area contributed by atoms with E-state index in [1.165, 1.54) is 12.1 Å². The minimum atomic E-state index is -3.33. The molecular formula is C20H24N2O3S. The van der Waals surface area contributed by atoms with E-state index in [9.17, 15) is 13.2 Å². The first-order valence-electron chi connectivity index (χ1n) is 8.70. The van der Waals surface area contributed by atoms with Gasteiger partial charge in [-0.2, -0.15) is 0 Å². The van der Waals surface area contributed by atoms with Crippen LogP contribution in [0.4, 0.5) is 5.69 Å². The third-order valence-corrected chi connectivity index (χ3v) is 5.88. The molecule has 1 aliphatic heterocycles. The van der Waals surface area contributed by atoms with Crippen molar-refractivity contribution in [2.75, 3.05) is 24.2 Å². The summed E-state index contributed by atoms with van der Waals surface area (Å²) in [6.45, 7) is 5.41. The predicted molar refractivity (Wildman–Crippen MR) is 103 cm³/mol. The summed E-state index contributed by atoms with van der Waals surface area (Å²) >= 11 is 0. The normalized spacial score (nSPS) is 20.9. The van der Waals surface area contributed by atoms with E-state index in [1.807, 2.05) is 23.1 Å². The van der Waals surface area contributed by atoms with Gasteiger partial charge in [0.05, 0.1) is 4.90 Å². The van der Waals surface area contributed by atoms with E-state index in [0.717, 1.165) is 11.9 Å². The van der Waals surface area contributed by atoms with Crippen molar-refractivity contribution in [2.45, 2.75) is 30.8 Å². The van der Waals surface area contributed by atoms with Crippen molar-refractivity contribution in [3.63, 3.8) is 0 Å². The second kappa shape index (κ2) is 7.11. The van der Waals surface area contributed by atoms with Gasteiger partial charge in [0.25, 0.3) is 5.91 Å². The smallest absolute Gasteiger partial charge is 0.254 e. The molecule has 1 aliphatic rings. The molecule has 3 rings (SSSR count). The van der Waals surface area contributed by atoms with Crippen LogP contribution in [0.1, 0.15) is 24.2 Å². The Labute approximate surface area is 155 Å². The molecule has 1 fully saturated rings. The molecule has 1 amide bonds. The first-order chi connectivity index (χ1) is 12.3. The number of rotatable bonds is 3. The number of carbonyl (C=O) groups is 1. The number of piperazine rings is 1. The van der Waals surface area contributed by atoms with Crippen molar-refractivity contribution in [3.8, 4) is 0 Å². The Hall–Kier alpha value is -2.34. The lowest BCUT2D eigenvalue weighted by Gasteiger charge is -2.46. The van der Waals surface area contributed by atoms with E-state index in [0.29, 0.717) is 18.7 Å². The number of amides is 1. The number of sulfone groups is 1. The minimum absolute atomic E-state index is 0.123. The second-order valence-corrected chi connectivity index (χ2v) is 8.97. The van der Waals surface area contributed by atoms with Crippen molar-refractivity contribution in [3.05, 3.63) is 60.2 Å². The summed E-state index contributed by atoms with van der Waals surface area (Å²) in [6.07, 6.45) is 1.15. The number of carbonyl (C=O) groups excluding carboxylic acids is 1. The third kappa shape index (κ3) is 3.75. The van der Waals surface area contributed by atoms with Crippen LogP contribution in [0.25, 0.3) is 0 Å². The largest absolute Gasteiger partial charge is 0.363 e. The van der Waals surface area contributed by atoms with E-state index in [-0.39, 0.29) is 22.9 Å². The van der Waals surface area contributed by atoms with Gasteiger partial charge in [-0.05, 0) is 44.2 Å². The fourth-order valence-electron chi connectivity index (χ4n) is 3.64. The van der Waals surface area contributed by atoms with E-state index in [4.69, 9.17) is 0 Å². The van der Waals surface area contributed by atoms with Crippen LogP contribution < -0.4 is 4.90 Å². The lowest BCUT2D eigenvalue weighted by Crippen LogP contribution is -2.58.